The van der Waals surface area contributed by atoms with E-state index >= 15 is 0 Å². The van der Waals surface area contributed by atoms with Gasteiger partial charge in [0, 0.05) is 53.7 Å². The largest absolute Gasteiger partial charge is 0.310 e. The fourth-order valence-corrected chi connectivity index (χ4v) is 12.0. The van der Waals surface area contributed by atoms with Crippen molar-refractivity contribution in [2.75, 3.05) is 4.90 Å². The van der Waals surface area contributed by atoms with Crippen LogP contribution in [0.2, 0.25) is 0 Å². The van der Waals surface area contributed by atoms with E-state index in [1.165, 1.54) is 86.5 Å². The summed E-state index contributed by atoms with van der Waals surface area (Å²) < 4.78 is 5.05. The van der Waals surface area contributed by atoms with E-state index in [1.54, 1.807) is 0 Å². The average Bonchev–Trinajstić information content (AvgIpc) is 4.02. The lowest BCUT2D eigenvalue weighted by Crippen LogP contribution is -2.28. The van der Waals surface area contributed by atoms with Crippen molar-refractivity contribution >= 4 is 70.4 Å². The van der Waals surface area contributed by atoms with E-state index in [4.69, 9.17) is 0 Å². The molecule has 2 aromatic heterocycles. The molecule has 0 unspecified atom stereocenters. The number of thiophene rings is 1. The van der Waals surface area contributed by atoms with Gasteiger partial charge in [0.1, 0.15) is 0 Å². The second kappa shape index (κ2) is 14.6. The van der Waals surface area contributed by atoms with Crippen LogP contribution in [0, 0.1) is 0 Å². The first-order valence-corrected chi connectivity index (χ1v) is 22.8. The van der Waals surface area contributed by atoms with Crippen molar-refractivity contribution < 1.29 is 0 Å². The van der Waals surface area contributed by atoms with Crippen LogP contribution in [0.15, 0.2) is 243 Å². The van der Waals surface area contributed by atoms with E-state index in [0.717, 1.165) is 22.7 Å². The summed E-state index contributed by atoms with van der Waals surface area (Å²) in [6.45, 7) is 0. The van der Waals surface area contributed by atoms with Crippen LogP contribution < -0.4 is 4.90 Å². The van der Waals surface area contributed by atoms with Crippen LogP contribution in [0.3, 0.4) is 0 Å². The number of rotatable bonds is 7. The highest BCUT2D eigenvalue weighted by atomic mass is 32.1. The van der Waals surface area contributed by atoms with Crippen LogP contribution in [0.4, 0.5) is 17.1 Å². The maximum Gasteiger partial charge on any atom is 0.0713 e. The molecule has 0 atom stereocenters. The predicted octanol–water partition coefficient (Wildman–Crippen LogP) is 16.7. The third-order valence-electron chi connectivity index (χ3n) is 13.5. The summed E-state index contributed by atoms with van der Waals surface area (Å²) >= 11 is 1.88. The highest BCUT2D eigenvalue weighted by Crippen LogP contribution is 2.56. The maximum atomic E-state index is 2.41. The summed E-state index contributed by atoms with van der Waals surface area (Å²) in [4.78, 5) is 2.41. The molecule has 0 saturated carbocycles. The van der Waals surface area contributed by atoms with Gasteiger partial charge in [-0.15, -0.1) is 11.3 Å². The average molecular weight is 833 g/mol. The van der Waals surface area contributed by atoms with Gasteiger partial charge in [-0.1, -0.05) is 182 Å². The van der Waals surface area contributed by atoms with Crippen molar-refractivity contribution in [3.05, 3.63) is 265 Å². The maximum absolute atomic E-state index is 2.41. The molecule has 2 heterocycles. The van der Waals surface area contributed by atoms with E-state index in [9.17, 15) is 0 Å². The van der Waals surface area contributed by atoms with Gasteiger partial charge in [-0.3, -0.25) is 0 Å². The number of para-hydroxylation sites is 2. The molecule has 13 rings (SSSR count). The minimum absolute atomic E-state index is 0.469. The van der Waals surface area contributed by atoms with Gasteiger partial charge >= 0.3 is 0 Å². The predicted molar refractivity (Wildman–Crippen MR) is 271 cm³/mol. The Morgan fingerprint density at radius 3 is 1.56 bits per heavy atom. The molecular weight excluding hydrogens is 793 g/mol. The standard InChI is InChI=1S/C61H40N2S/c1-2-16-42(17-3-1)61(55-27-9-4-20-49(55)50-21-5-10-28-56(50)61)43-34-38-45(39-35-43)62(44-36-32-41(33-37-44)48-25-15-26-54-53-24-8-13-31-59(53)64-60(48)54)46-18-14-19-47(40-46)63-57-29-11-6-22-51(57)52-23-7-12-30-58(52)63/h1-40H. The molecule has 0 N–H and O–H groups in total. The number of anilines is 3. The van der Waals surface area contributed by atoms with Gasteiger partial charge in [-0.05, 0) is 105 Å². The summed E-state index contributed by atoms with van der Waals surface area (Å²) in [5.41, 5.74) is 16.5. The third-order valence-corrected chi connectivity index (χ3v) is 14.7. The Balaban J connectivity index is 0.987. The van der Waals surface area contributed by atoms with Crippen molar-refractivity contribution in [1.82, 2.24) is 4.57 Å². The summed E-state index contributed by atoms with van der Waals surface area (Å²) in [7, 11) is 0. The van der Waals surface area contributed by atoms with Crippen LogP contribution in [-0.2, 0) is 5.41 Å². The summed E-state index contributed by atoms with van der Waals surface area (Å²) in [6, 6.07) is 89.5. The molecule has 0 fully saturated rings. The van der Waals surface area contributed by atoms with Crippen molar-refractivity contribution in [1.29, 1.82) is 0 Å². The molecule has 10 aromatic carbocycles. The third kappa shape index (κ3) is 5.44. The first kappa shape index (κ1) is 36.7. The normalized spacial score (nSPS) is 12.8. The van der Waals surface area contributed by atoms with E-state index in [-0.39, 0.29) is 0 Å². The molecule has 64 heavy (non-hydrogen) atoms. The molecule has 0 bridgehead atoms. The van der Waals surface area contributed by atoms with Gasteiger partial charge in [0.25, 0.3) is 0 Å². The Kier molecular flexibility index (Phi) is 8.34. The van der Waals surface area contributed by atoms with Crippen molar-refractivity contribution in [3.8, 4) is 27.9 Å². The van der Waals surface area contributed by atoms with Crippen LogP contribution in [-0.4, -0.2) is 4.57 Å². The highest BCUT2D eigenvalue weighted by molar-refractivity contribution is 7.26. The smallest absolute Gasteiger partial charge is 0.0713 e. The number of hydrogen-bond donors (Lipinski definition) is 0. The summed E-state index contributed by atoms with van der Waals surface area (Å²) in [5, 5.41) is 5.13. The topological polar surface area (TPSA) is 8.17 Å². The minimum atomic E-state index is -0.469. The number of nitrogens with zero attached hydrogens (tertiary/aromatic N) is 2. The lowest BCUT2D eigenvalue weighted by atomic mass is 9.68. The zero-order valence-electron chi connectivity index (χ0n) is 34.9. The van der Waals surface area contributed by atoms with Crippen LogP contribution in [0.1, 0.15) is 22.3 Å². The molecule has 2 nitrogen and oxygen atoms in total. The molecule has 0 aliphatic heterocycles. The number of fused-ring (bicyclic) bond motifs is 9. The SMILES string of the molecule is c1ccc(C2(c3ccc(N(c4ccc(-c5cccc6c5sc5ccccc56)cc4)c4cccc(-n5c6ccccc6c6ccccc65)c4)cc3)c3ccccc3-c3ccccc32)cc1. The van der Waals surface area contributed by atoms with Crippen LogP contribution >= 0.6 is 11.3 Å². The number of benzene rings is 10. The van der Waals surface area contributed by atoms with E-state index in [2.05, 4.69) is 252 Å². The lowest BCUT2D eigenvalue weighted by molar-refractivity contribution is 0.768. The Hall–Kier alpha value is -7.98. The number of hydrogen-bond acceptors (Lipinski definition) is 2. The molecule has 0 saturated heterocycles. The zero-order valence-corrected chi connectivity index (χ0v) is 35.7. The molecule has 12 aromatic rings. The molecular formula is C61H40N2S. The Labute approximate surface area is 376 Å². The van der Waals surface area contributed by atoms with Crippen LogP contribution in [0.25, 0.3) is 69.9 Å². The molecule has 0 radical (unpaired) electrons. The Morgan fingerprint density at radius 1 is 0.359 bits per heavy atom. The van der Waals surface area contributed by atoms with E-state index < -0.39 is 5.41 Å². The first-order valence-electron chi connectivity index (χ1n) is 22.0. The second-order valence-corrected chi connectivity index (χ2v) is 17.9. The highest BCUT2D eigenvalue weighted by Gasteiger charge is 2.45. The fourth-order valence-electron chi connectivity index (χ4n) is 10.8. The van der Waals surface area contributed by atoms with Gasteiger partial charge < -0.3 is 9.47 Å². The minimum Gasteiger partial charge on any atom is -0.310 e. The molecule has 1 aliphatic rings. The molecule has 0 spiro atoms. The summed E-state index contributed by atoms with van der Waals surface area (Å²) in [5.74, 6) is 0. The quantitative estimate of drug-likeness (QED) is 0.155. The number of aromatic nitrogens is 1. The van der Waals surface area contributed by atoms with Crippen LogP contribution in [0.5, 0.6) is 0 Å². The van der Waals surface area contributed by atoms with E-state index in [0.29, 0.717) is 0 Å². The fraction of sp³-hybridized carbons (Fsp3) is 0.0164. The van der Waals surface area contributed by atoms with Crippen molar-refractivity contribution in [2.45, 2.75) is 5.41 Å². The summed E-state index contributed by atoms with van der Waals surface area (Å²) in [6.07, 6.45) is 0. The van der Waals surface area contributed by atoms with Crippen molar-refractivity contribution in [3.63, 3.8) is 0 Å². The Morgan fingerprint density at radius 2 is 0.875 bits per heavy atom. The Bertz CT molecular complexity index is 3630. The van der Waals surface area contributed by atoms with Gasteiger partial charge in [0.2, 0.25) is 0 Å². The van der Waals surface area contributed by atoms with Gasteiger partial charge in [-0.2, -0.15) is 0 Å². The van der Waals surface area contributed by atoms with Gasteiger partial charge in [0.05, 0.1) is 16.4 Å². The molecule has 300 valence electrons. The first-order chi connectivity index (χ1) is 31.8. The molecule has 0 amide bonds. The second-order valence-electron chi connectivity index (χ2n) is 16.8. The van der Waals surface area contributed by atoms with Gasteiger partial charge in [0.15, 0.2) is 0 Å². The molecule has 1 aliphatic carbocycles. The lowest BCUT2D eigenvalue weighted by Gasteiger charge is -2.34. The monoisotopic (exact) mass is 832 g/mol. The molecule has 3 heteroatoms. The van der Waals surface area contributed by atoms with Gasteiger partial charge in [-0.25, -0.2) is 0 Å². The van der Waals surface area contributed by atoms with Crippen molar-refractivity contribution in [2.24, 2.45) is 0 Å². The zero-order chi connectivity index (χ0) is 42.2. The van der Waals surface area contributed by atoms with E-state index in [1.807, 2.05) is 11.3 Å².